The molecule has 4 atom stereocenters. The van der Waals surface area contributed by atoms with Crippen molar-refractivity contribution in [2.45, 2.75) is 52.2 Å². The Balaban J connectivity index is 1.93. The molecule has 2 nitrogen and oxygen atoms in total. The first-order valence-electron chi connectivity index (χ1n) is 7.08. The molecule has 1 aliphatic rings. The highest BCUT2D eigenvalue weighted by Gasteiger charge is 2.25. The van der Waals surface area contributed by atoms with Gasteiger partial charge in [-0.15, -0.1) is 0 Å². The lowest BCUT2D eigenvalue weighted by atomic mass is 9.80. The standard InChI is InChI=1S/C16H25NO/c1-11-4-7-16(10-12(11)2)18-15-8-5-14(6-9-15)13(3)17/h5-6,8-9,11-13,16H,4,7,10,17H2,1-3H3/t11?,12?,13-,16?/m0/s1. The van der Waals surface area contributed by atoms with E-state index in [1.165, 1.54) is 19.3 Å². The topological polar surface area (TPSA) is 35.2 Å². The van der Waals surface area contributed by atoms with Crippen LogP contribution in [0.3, 0.4) is 0 Å². The maximum atomic E-state index is 6.07. The largest absolute Gasteiger partial charge is 0.490 e. The van der Waals surface area contributed by atoms with Crippen LogP contribution in [0.5, 0.6) is 5.75 Å². The summed E-state index contributed by atoms with van der Waals surface area (Å²) >= 11 is 0. The van der Waals surface area contributed by atoms with E-state index in [2.05, 4.69) is 26.0 Å². The zero-order valence-electron chi connectivity index (χ0n) is 11.7. The molecule has 0 aliphatic heterocycles. The van der Waals surface area contributed by atoms with Gasteiger partial charge in [0.25, 0.3) is 0 Å². The minimum atomic E-state index is 0.0922. The van der Waals surface area contributed by atoms with Gasteiger partial charge in [-0.25, -0.2) is 0 Å². The van der Waals surface area contributed by atoms with Crippen LogP contribution in [0.15, 0.2) is 24.3 Å². The highest BCUT2D eigenvalue weighted by atomic mass is 16.5. The van der Waals surface area contributed by atoms with Gasteiger partial charge in [0.05, 0.1) is 6.10 Å². The number of ether oxygens (including phenoxy) is 1. The summed E-state index contributed by atoms with van der Waals surface area (Å²) < 4.78 is 6.07. The van der Waals surface area contributed by atoms with Crippen LogP contribution in [0.4, 0.5) is 0 Å². The SMILES string of the molecule is CC1CCC(Oc2ccc([C@H](C)N)cc2)CC1C. The molecule has 0 aromatic heterocycles. The van der Waals surface area contributed by atoms with Crippen LogP contribution in [0.1, 0.15) is 51.6 Å². The van der Waals surface area contributed by atoms with Gasteiger partial charge in [0.2, 0.25) is 0 Å². The highest BCUT2D eigenvalue weighted by molar-refractivity contribution is 5.28. The molecular weight excluding hydrogens is 222 g/mol. The average Bonchev–Trinajstić information content (AvgIpc) is 2.34. The monoisotopic (exact) mass is 247 g/mol. The Morgan fingerprint density at radius 2 is 1.78 bits per heavy atom. The van der Waals surface area contributed by atoms with Crippen molar-refractivity contribution in [1.29, 1.82) is 0 Å². The van der Waals surface area contributed by atoms with E-state index in [1.807, 2.05) is 19.1 Å². The lowest BCUT2D eigenvalue weighted by Crippen LogP contribution is -2.28. The van der Waals surface area contributed by atoms with E-state index >= 15 is 0 Å². The molecule has 1 aromatic carbocycles. The summed E-state index contributed by atoms with van der Waals surface area (Å²) in [6.07, 6.45) is 4.03. The van der Waals surface area contributed by atoms with Crippen molar-refractivity contribution in [3.05, 3.63) is 29.8 Å². The van der Waals surface area contributed by atoms with Gasteiger partial charge in [-0.05, 0) is 55.7 Å². The van der Waals surface area contributed by atoms with E-state index in [9.17, 15) is 0 Å². The van der Waals surface area contributed by atoms with Crippen LogP contribution in [0, 0.1) is 11.8 Å². The van der Waals surface area contributed by atoms with Crippen LogP contribution in [-0.4, -0.2) is 6.10 Å². The molecule has 0 radical (unpaired) electrons. The van der Waals surface area contributed by atoms with Crippen LogP contribution in [-0.2, 0) is 0 Å². The number of benzene rings is 1. The molecule has 1 saturated carbocycles. The lowest BCUT2D eigenvalue weighted by Gasteiger charge is -2.32. The Morgan fingerprint density at radius 1 is 1.11 bits per heavy atom. The second-order valence-electron chi connectivity index (χ2n) is 5.87. The quantitative estimate of drug-likeness (QED) is 0.879. The van der Waals surface area contributed by atoms with Gasteiger partial charge >= 0.3 is 0 Å². The van der Waals surface area contributed by atoms with E-state index < -0.39 is 0 Å². The molecule has 3 unspecified atom stereocenters. The van der Waals surface area contributed by atoms with Crippen molar-refractivity contribution >= 4 is 0 Å². The van der Waals surface area contributed by atoms with Crippen LogP contribution >= 0.6 is 0 Å². The van der Waals surface area contributed by atoms with Crippen molar-refractivity contribution in [3.63, 3.8) is 0 Å². The molecule has 2 heteroatoms. The zero-order chi connectivity index (χ0) is 13.1. The predicted molar refractivity (Wildman–Crippen MR) is 75.6 cm³/mol. The fourth-order valence-corrected chi connectivity index (χ4v) is 2.65. The van der Waals surface area contributed by atoms with Crippen molar-refractivity contribution in [2.24, 2.45) is 17.6 Å². The summed E-state index contributed by atoms with van der Waals surface area (Å²) in [5.74, 6) is 2.59. The fourth-order valence-electron chi connectivity index (χ4n) is 2.65. The maximum absolute atomic E-state index is 6.07. The molecule has 0 amide bonds. The number of nitrogens with two attached hydrogens (primary N) is 1. The summed E-state index contributed by atoms with van der Waals surface area (Å²) in [6, 6.07) is 8.31. The third-order valence-corrected chi connectivity index (χ3v) is 4.26. The second-order valence-corrected chi connectivity index (χ2v) is 5.87. The van der Waals surface area contributed by atoms with Crippen molar-refractivity contribution < 1.29 is 4.74 Å². The minimum absolute atomic E-state index is 0.0922. The first kappa shape index (κ1) is 13.4. The lowest BCUT2D eigenvalue weighted by molar-refractivity contribution is 0.101. The summed E-state index contributed by atoms with van der Waals surface area (Å²) in [4.78, 5) is 0. The smallest absolute Gasteiger partial charge is 0.119 e. The fraction of sp³-hybridized carbons (Fsp3) is 0.625. The molecule has 0 spiro atoms. The molecular formula is C16H25NO. The first-order chi connectivity index (χ1) is 8.56. The first-order valence-corrected chi connectivity index (χ1v) is 7.08. The molecule has 0 saturated heterocycles. The summed E-state index contributed by atoms with van der Waals surface area (Å²) in [5.41, 5.74) is 7.00. The third-order valence-electron chi connectivity index (χ3n) is 4.26. The molecule has 1 fully saturated rings. The van der Waals surface area contributed by atoms with Gasteiger partial charge < -0.3 is 10.5 Å². The predicted octanol–water partition coefficient (Wildman–Crippen LogP) is 3.91. The molecule has 1 aromatic rings. The average molecular weight is 247 g/mol. The summed E-state index contributed by atoms with van der Waals surface area (Å²) in [7, 11) is 0. The number of rotatable bonds is 3. The third kappa shape index (κ3) is 3.26. The van der Waals surface area contributed by atoms with Gasteiger partial charge in [-0.2, -0.15) is 0 Å². The van der Waals surface area contributed by atoms with Crippen LogP contribution < -0.4 is 10.5 Å². The molecule has 1 aliphatic carbocycles. The van der Waals surface area contributed by atoms with Gasteiger partial charge in [-0.3, -0.25) is 0 Å². The van der Waals surface area contributed by atoms with Gasteiger partial charge in [0.1, 0.15) is 5.75 Å². The second kappa shape index (κ2) is 5.75. The minimum Gasteiger partial charge on any atom is -0.490 e. The van der Waals surface area contributed by atoms with E-state index in [0.29, 0.717) is 6.10 Å². The number of hydrogen-bond donors (Lipinski definition) is 1. The Hall–Kier alpha value is -1.02. The van der Waals surface area contributed by atoms with Gasteiger partial charge in [0.15, 0.2) is 0 Å². The Bertz CT molecular complexity index is 371. The molecule has 2 N–H and O–H groups in total. The summed E-state index contributed by atoms with van der Waals surface area (Å²) in [5, 5.41) is 0. The van der Waals surface area contributed by atoms with Crippen molar-refractivity contribution in [2.75, 3.05) is 0 Å². The van der Waals surface area contributed by atoms with E-state index in [1.54, 1.807) is 0 Å². The number of hydrogen-bond acceptors (Lipinski definition) is 2. The Kier molecular flexibility index (Phi) is 4.28. The van der Waals surface area contributed by atoms with Crippen molar-refractivity contribution in [3.8, 4) is 5.75 Å². The highest BCUT2D eigenvalue weighted by Crippen LogP contribution is 2.31. The van der Waals surface area contributed by atoms with Crippen molar-refractivity contribution in [1.82, 2.24) is 0 Å². The molecule has 18 heavy (non-hydrogen) atoms. The van der Waals surface area contributed by atoms with Gasteiger partial charge in [-0.1, -0.05) is 26.0 Å². The zero-order valence-corrected chi connectivity index (χ0v) is 11.7. The molecule has 0 bridgehead atoms. The normalized spacial score (nSPS) is 29.9. The van der Waals surface area contributed by atoms with Crippen LogP contribution in [0.25, 0.3) is 0 Å². The van der Waals surface area contributed by atoms with Gasteiger partial charge in [0, 0.05) is 6.04 Å². The Morgan fingerprint density at radius 3 is 2.33 bits per heavy atom. The summed E-state index contributed by atoms with van der Waals surface area (Å²) in [6.45, 7) is 6.68. The molecule has 0 heterocycles. The Labute approximate surface area is 111 Å². The van der Waals surface area contributed by atoms with E-state index in [-0.39, 0.29) is 6.04 Å². The molecule has 100 valence electrons. The maximum Gasteiger partial charge on any atom is 0.119 e. The van der Waals surface area contributed by atoms with Crippen LogP contribution in [0.2, 0.25) is 0 Å². The van der Waals surface area contributed by atoms with E-state index in [0.717, 1.165) is 23.1 Å². The van der Waals surface area contributed by atoms with E-state index in [4.69, 9.17) is 10.5 Å². The molecule has 2 rings (SSSR count).